The number of carbonyl (C=O) groups excluding carboxylic acids is 2. The van der Waals surface area contributed by atoms with Crippen molar-refractivity contribution in [3.8, 4) is 0 Å². The standard InChI is InChI=1S/C25H29FN6O2/c1-18(29-8-10-30(11-9-29)21-5-3-20(26)4-6-21)24(33)31-12-14-32(15-13-31)25(34)19-2-7-22-23(16-19)28-17-27-22/h2-7,16-18H,8-15H2,1H3,(H,27,28). The van der Waals surface area contributed by atoms with E-state index in [9.17, 15) is 14.0 Å². The van der Waals surface area contributed by atoms with Gasteiger partial charge in [-0.25, -0.2) is 9.37 Å². The summed E-state index contributed by atoms with van der Waals surface area (Å²) < 4.78 is 13.2. The Morgan fingerprint density at radius 1 is 0.912 bits per heavy atom. The van der Waals surface area contributed by atoms with Gasteiger partial charge in [0.1, 0.15) is 5.82 Å². The molecule has 5 rings (SSSR count). The molecule has 2 aromatic carbocycles. The van der Waals surface area contributed by atoms with Gasteiger partial charge < -0.3 is 19.7 Å². The highest BCUT2D eigenvalue weighted by Crippen LogP contribution is 2.19. The first kappa shape index (κ1) is 22.3. The van der Waals surface area contributed by atoms with E-state index in [4.69, 9.17) is 0 Å². The molecule has 0 aliphatic carbocycles. The third kappa shape index (κ3) is 4.48. The molecule has 8 nitrogen and oxygen atoms in total. The number of piperazine rings is 2. The molecule has 1 unspecified atom stereocenters. The number of imidazole rings is 1. The monoisotopic (exact) mass is 464 g/mol. The zero-order chi connectivity index (χ0) is 23.7. The van der Waals surface area contributed by atoms with Crippen LogP contribution in [0, 0.1) is 5.82 Å². The Morgan fingerprint density at radius 2 is 1.59 bits per heavy atom. The molecular weight excluding hydrogens is 435 g/mol. The molecule has 2 amide bonds. The smallest absolute Gasteiger partial charge is 0.254 e. The Morgan fingerprint density at radius 3 is 2.29 bits per heavy atom. The van der Waals surface area contributed by atoms with Crippen LogP contribution in [0.2, 0.25) is 0 Å². The molecule has 1 aromatic heterocycles. The fourth-order valence-electron chi connectivity index (χ4n) is 4.82. The lowest BCUT2D eigenvalue weighted by Crippen LogP contribution is -2.58. The molecular formula is C25H29FN6O2. The van der Waals surface area contributed by atoms with Gasteiger partial charge in [0.15, 0.2) is 0 Å². The SMILES string of the molecule is CC(C(=O)N1CCN(C(=O)c2ccc3nc[nH]c3c2)CC1)N1CCN(c2ccc(F)cc2)CC1. The van der Waals surface area contributed by atoms with Gasteiger partial charge >= 0.3 is 0 Å². The van der Waals surface area contributed by atoms with Crippen LogP contribution in [-0.2, 0) is 4.79 Å². The molecule has 2 saturated heterocycles. The van der Waals surface area contributed by atoms with Crippen LogP contribution in [0.1, 0.15) is 17.3 Å². The summed E-state index contributed by atoms with van der Waals surface area (Å²) in [6, 6.07) is 11.8. The van der Waals surface area contributed by atoms with Gasteiger partial charge in [-0.2, -0.15) is 0 Å². The molecule has 9 heteroatoms. The van der Waals surface area contributed by atoms with Crippen molar-refractivity contribution in [3.63, 3.8) is 0 Å². The summed E-state index contributed by atoms with van der Waals surface area (Å²) in [5.74, 6) is -0.142. The number of anilines is 1. The van der Waals surface area contributed by atoms with E-state index in [2.05, 4.69) is 19.8 Å². The molecule has 2 fully saturated rings. The van der Waals surface area contributed by atoms with Crippen molar-refractivity contribution in [3.05, 3.63) is 60.2 Å². The molecule has 0 spiro atoms. The van der Waals surface area contributed by atoms with Crippen LogP contribution in [-0.4, -0.2) is 94.9 Å². The zero-order valence-electron chi connectivity index (χ0n) is 19.3. The number of nitrogens with zero attached hydrogens (tertiary/aromatic N) is 5. The second kappa shape index (κ2) is 9.42. The fourth-order valence-corrected chi connectivity index (χ4v) is 4.82. The lowest BCUT2D eigenvalue weighted by atomic mass is 10.1. The number of fused-ring (bicyclic) bond motifs is 1. The third-order valence-electron chi connectivity index (χ3n) is 6.96. The van der Waals surface area contributed by atoms with E-state index in [-0.39, 0.29) is 23.7 Å². The van der Waals surface area contributed by atoms with Crippen LogP contribution in [0.25, 0.3) is 11.0 Å². The average Bonchev–Trinajstić information content (AvgIpc) is 3.36. The lowest BCUT2D eigenvalue weighted by molar-refractivity contribution is -0.138. The number of aromatic amines is 1. The van der Waals surface area contributed by atoms with Gasteiger partial charge in [-0.15, -0.1) is 0 Å². The third-order valence-corrected chi connectivity index (χ3v) is 6.96. The van der Waals surface area contributed by atoms with E-state index in [1.165, 1.54) is 12.1 Å². The van der Waals surface area contributed by atoms with Crippen molar-refractivity contribution in [1.29, 1.82) is 0 Å². The summed E-state index contributed by atoms with van der Waals surface area (Å²) >= 11 is 0. The highest BCUT2D eigenvalue weighted by atomic mass is 19.1. The Hall–Kier alpha value is -3.46. The Balaban J connectivity index is 1.12. The minimum atomic E-state index is -0.234. The minimum Gasteiger partial charge on any atom is -0.369 e. The van der Waals surface area contributed by atoms with E-state index < -0.39 is 0 Å². The van der Waals surface area contributed by atoms with Crippen LogP contribution >= 0.6 is 0 Å². The highest BCUT2D eigenvalue weighted by Gasteiger charge is 2.31. The first-order valence-electron chi connectivity index (χ1n) is 11.8. The first-order valence-corrected chi connectivity index (χ1v) is 11.8. The molecule has 3 aromatic rings. The number of amides is 2. The summed E-state index contributed by atoms with van der Waals surface area (Å²) in [5.41, 5.74) is 3.31. The highest BCUT2D eigenvalue weighted by molar-refractivity contribution is 5.97. The van der Waals surface area contributed by atoms with Gasteiger partial charge in [-0.05, 0) is 49.4 Å². The second-order valence-electron chi connectivity index (χ2n) is 8.93. The van der Waals surface area contributed by atoms with E-state index in [1.807, 2.05) is 28.9 Å². The van der Waals surface area contributed by atoms with Crippen LogP contribution in [0.4, 0.5) is 10.1 Å². The molecule has 1 N–H and O–H groups in total. The van der Waals surface area contributed by atoms with Gasteiger partial charge in [0.25, 0.3) is 5.91 Å². The normalized spacial score (nSPS) is 18.4. The van der Waals surface area contributed by atoms with E-state index >= 15 is 0 Å². The number of nitrogens with one attached hydrogen (secondary N) is 1. The van der Waals surface area contributed by atoms with Gasteiger partial charge in [0, 0.05) is 63.6 Å². The Kier molecular flexibility index (Phi) is 6.19. The molecule has 2 aliphatic rings. The predicted molar refractivity (Wildman–Crippen MR) is 128 cm³/mol. The number of hydrogen-bond acceptors (Lipinski definition) is 5. The largest absolute Gasteiger partial charge is 0.369 e. The van der Waals surface area contributed by atoms with Crippen molar-refractivity contribution >= 4 is 28.5 Å². The number of benzene rings is 2. The maximum atomic E-state index is 13.2. The topological polar surface area (TPSA) is 75.8 Å². The number of halogens is 1. The molecule has 0 radical (unpaired) electrons. The second-order valence-corrected chi connectivity index (χ2v) is 8.93. The number of aromatic nitrogens is 2. The predicted octanol–water partition coefficient (Wildman–Crippen LogP) is 2.20. The van der Waals surface area contributed by atoms with E-state index in [1.54, 1.807) is 24.5 Å². The van der Waals surface area contributed by atoms with Gasteiger partial charge in [0.2, 0.25) is 5.91 Å². The summed E-state index contributed by atoms with van der Waals surface area (Å²) in [7, 11) is 0. The van der Waals surface area contributed by atoms with E-state index in [0.29, 0.717) is 31.7 Å². The number of carbonyl (C=O) groups is 2. The quantitative estimate of drug-likeness (QED) is 0.641. The molecule has 0 saturated carbocycles. The number of H-pyrrole nitrogens is 1. The molecule has 1 atom stereocenters. The van der Waals surface area contributed by atoms with Crippen LogP contribution < -0.4 is 4.90 Å². The van der Waals surface area contributed by atoms with Crippen molar-refractivity contribution in [2.75, 3.05) is 57.3 Å². The minimum absolute atomic E-state index is 0.0198. The van der Waals surface area contributed by atoms with Crippen molar-refractivity contribution in [2.24, 2.45) is 0 Å². The molecule has 3 heterocycles. The van der Waals surface area contributed by atoms with Crippen LogP contribution in [0.3, 0.4) is 0 Å². The molecule has 178 valence electrons. The summed E-state index contributed by atoms with van der Waals surface area (Å²) in [5, 5.41) is 0. The lowest BCUT2D eigenvalue weighted by Gasteiger charge is -2.41. The maximum absolute atomic E-state index is 13.2. The Labute approximate surface area is 197 Å². The van der Waals surface area contributed by atoms with Crippen LogP contribution in [0.5, 0.6) is 0 Å². The summed E-state index contributed by atoms with van der Waals surface area (Å²) in [6.45, 7) is 7.24. The maximum Gasteiger partial charge on any atom is 0.254 e. The van der Waals surface area contributed by atoms with Gasteiger partial charge in [-0.3, -0.25) is 14.5 Å². The van der Waals surface area contributed by atoms with E-state index in [0.717, 1.165) is 42.9 Å². The fraction of sp³-hybridized carbons (Fsp3) is 0.400. The number of hydrogen-bond donors (Lipinski definition) is 1. The summed E-state index contributed by atoms with van der Waals surface area (Å²) in [6.07, 6.45) is 1.62. The zero-order valence-corrected chi connectivity index (χ0v) is 19.3. The molecule has 2 aliphatic heterocycles. The Bertz CT molecular complexity index is 1160. The average molecular weight is 465 g/mol. The van der Waals surface area contributed by atoms with Gasteiger partial charge in [0.05, 0.1) is 23.4 Å². The first-order chi connectivity index (χ1) is 16.5. The van der Waals surface area contributed by atoms with Gasteiger partial charge in [-0.1, -0.05) is 0 Å². The molecule has 0 bridgehead atoms. The van der Waals surface area contributed by atoms with Crippen molar-refractivity contribution < 1.29 is 14.0 Å². The van der Waals surface area contributed by atoms with Crippen molar-refractivity contribution in [1.82, 2.24) is 24.7 Å². The van der Waals surface area contributed by atoms with Crippen molar-refractivity contribution in [2.45, 2.75) is 13.0 Å². The molecule has 34 heavy (non-hydrogen) atoms. The number of rotatable bonds is 4. The summed E-state index contributed by atoms with van der Waals surface area (Å²) in [4.78, 5) is 41.5. The van der Waals surface area contributed by atoms with Crippen LogP contribution in [0.15, 0.2) is 48.8 Å².